The molecule has 1 aromatic rings. The number of benzene rings is 1. The Morgan fingerprint density at radius 3 is 2.28 bits per heavy atom. The first-order valence-electron chi connectivity index (χ1n) is 6.37. The Morgan fingerprint density at radius 1 is 1.28 bits per heavy atom. The Morgan fingerprint density at radius 2 is 1.83 bits per heavy atom. The monoisotopic (exact) mass is 249 g/mol. The van der Waals surface area contributed by atoms with Gasteiger partial charge in [0.05, 0.1) is 5.41 Å². The van der Waals surface area contributed by atoms with E-state index < -0.39 is 11.4 Å². The molecule has 1 aromatic carbocycles. The molecule has 0 heterocycles. The second-order valence-corrected chi connectivity index (χ2v) is 5.84. The van der Waals surface area contributed by atoms with Crippen LogP contribution < -0.4 is 5.32 Å². The molecule has 0 aliphatic carbocycles. The second kappa shape index (κ2) is 5.89. The van der Waals surface area contributed by atoms with Crippen molar-refractivity contribution in [3.05, 3.63) is 29.8 Å². The minimum atomic E-state index is -0.786. The fourth-order valence-electron chi connectivity index (χ4n) is 1.63. The van der Waals surface area contributed by atoms with Crippen LogP contribution >= 0.6 is 0 Å². The highest BCUT2D eigenvalue weighted by Gasteiger charge is 2.26. The molecule has 0 unspecified atom stereocenters. The third kappa shape index (κ3) is 4.40. The predicted molar refractivity (Wildman–Crippen MR) is 74.9 cm³/mol. The van der Waals surface area contributed by atoms with Gasteiger partial charge in [0.25, 0.3) is 0 Å². The van der Waals surface area contributed by atoms with E-state index >= 15 is 0 Å². The molecule has 3 heteroatoms. The van der Waals surface area contributed by atoms with Crippen molar-refractivity contribution in [3.8, 4) is 0 Å². The molecule has 18 heavy (non-hydrogen) atoms. The lowest BCUT2D eigenvalue weighted by Crippen LogP contribution is -2.31. The van der Waals surface area contributed by atoms with Crippen LogP contribution in [0.15, 0.2) is 24.3 Å². The lowest BCUT2D eigenvalue weighted by Gasteiger charge is -2.20. The summed E-state index contributed by atoms with van der Waals surface area (Å²) in [6.07, 6.45) is 1.07. The van der Waals surface area contributed by atoms with Gasteiger partial charge in [0.2, 0.25) is 0 Å². The lowest BCUT2D eigenvalue weighted by atomic mass is 9.94. The topological polar surface area (TPSA) is 49.3 Å². The fourth-order valence-corrected chi connectivity index (χ4v) is 1.63. The van der Waals surface area contributed by atoms with Crippen molar-refractivity contribution in [1.82, 2.24) is 0 Å². The number of aliphatic carboxylic acids is 1. The third-order valence-electron chi connectivity index (χ3n) is 2.91. The Balaban J connectivity index is 2.57. The van der Waals surface area contributed by atoms with Gasteiger partial charge in [-0.15, -0.1) is 0 Å². The largest absolute Gasteiger partial charge is 0.481 e. The van der Waals surface area contributed by atoms with E-state index in [1.54, 1.807) is 13.8 Å². The summed E-state index contributed by atoms with van der Waals surface area (Å²) in [5, 5.41) is 12.2. The molecule has 0 saturated heterocycles. The Hall–Kier alpha value is -1.51. The number of carboxylic acids is 1. The van der Waals surface area contributed by atoms with Crippen LogP contribution in [-0.4, -0.2) is 17.6 Å². The summed E-state index contributed by atoms with van der Waals surface area (Å²) in [6.45, 7) is 8.25. The summed E-state index contributed by atoms with van der Waals surface area (Å²) in [5.41, 5.74) is 1.53. The van der Waals surface area contributed by atoms with Crippen LogP contribution in [0.4, 0.5) is 5.69 Å². The zero-order chi connectivity index (χ0) is 13.8. The molecule has 0 spiro atoms. The smallest absolute Gasteiger partial charge is 0.310 e. The van der Waals surface area contributed by atoms with E-state index in [4.69, 9.17) is 5.11 Å². The van der Waals surface area contributed by atoms with Gasteiger partial charge in [-0.2, -0.15) is 0 Å². The minimum absolute atomic E-state index is 0.422. The minimum Gasteiger partial charge on any atom is -0.481 e. The summed E-state index contributed by atoms with van der Waals surface area (Å²) >= 11 is 0. The van der Waals surface area contributed by atoms with Crippen molar-refractivity contribution in [2.24, 2.45) is 11.3 Å². The number of carbonyl (C=O) groups is 1. The second-order valence-electron chi connectivity index (χ2n) is 5.84. The van der Waals surface area contributed by atoms with Gasteiger partial charge in [0, 0.05) is 12.2 Å². The quantitative estimate of drug-likeness (QED) is 0.812. The molecule has 0 atom stereocenters. The lowest BCUT2D eigenvalue weighted by molar-refractivity contribution is -0.146. The molecule has 3 nitrogen and oxygen atoms in total. The number of hydrogen-bond donors (Lipinski definition) is 2. The van der Waals surface area contributed by atoms with Crippen LogP contribution in [0, 0.1) is 11.3 Å². The summed E-state index contributed by atoms with van der Waals surface area (Å²) in [4.78, 5) is 11.0. The first-order valence-corrected chi connectivity index (χ1v) is 6.37. The summed E-state index contributed by atoms with van der Waals surface area (Å²) in [6, 6.07) is 8.21. The highest BCUT2D eigenvalue weighted by Crippen LogP contribution is 2.18. The Labute approximate surface area is 109 Å². The molecule has 0 amide bonds. The number of rotatable bonds is 6. The molecule has 2 N–H and O–H groups in total. The van der Waals surface area contributed by atoms with Crippen molar-refractivity contribution in [1.29, 1.82) is 0 Å². The SMILES string of the molecule is CC(C)Cc1ccc(NCC(C)(C)C(=O)O)cc1. The number of nitrogens with one attached hydrogen (secondary N) is 1. The van der Waals surface area contributed by atoms with Gasteiger partial charge < -0.3 is 10.4 Å². The van der Waals surface area contributed by atoms with Crippen molar-refractivity contribution in [2.45, 2.75) is 34.1 Å². The maximum Gasteiger partial charge on any atom is 0.310 e. The van der Waals surface area contributed by atoms with Gasteiger partial charge in [-0.1, -0.05) is 26.0 Å². The van der Waals surface area contributed by atoms with E-state index in [9.17, 15) is 4.79 Å². The maximum absolute atomic E-state index is 11.0. The summed E-state index contributed by atoms with van der Waals surface area (Å²) < 4.78 is 0. The standard InChI is InChI=1S/C15H23NO2/c1-11(2)9-12-5-7-13(8-6-12)16-10-15(3,4)14(17)18/h5-8,11,16H,9-10H2,1-4H3,(H,17,18). The molecule has 0 aromatic heterocycles. The normalized spacial score (nSPS) is 11.6. The van der Waals surface area contributed by atoms with Gasteiger partial charge >= 0.3 is 5.97 Å². The van der Waals surface area contributed by atoms with Crippen LogP contribution in [0.3, 0.4) is 0 Å². The van der Waals surface area contributed by atoms with Crippen LogP contribution in [0.2, 0.25) is 0 Å². The molecule has 1 rings (SSSR count). The van der Waals surface area contributed by atoms with E-state index in [0.29, 0.717) is 12.5 Å². The van der Waals surface area contributed by atoms with E-state index in [0.717, 1.165) is 12.1 Å². The van der Waals surface area contributed by atoms with E-state index in [1.165, 1.54) is 5.56 Å². The Bertz CT molecular complexity index is 393. The summed E-state index contributed by atoms with van der Waals surface area (Å²) in [5.74, 6) is -0.138. The zero-order valence-corrected chi connectivity index (χ0v) is 11.7. The number of anilines is 1. The van der Waals surface area contributed by atoms with Gasteiger partial charge in [0.15, 0.2) is 0 Å². The molecule has 0 saturated carbocycles. The molecule has 0 aliphatic rings. The van der Waals surface area contributed by atoms with Crippen LogP contribution in [0.25, 0.3) is 0 Å². The molecule has 0 bridgehead atoms. The van der Waals surface area contributed by atoms with Crippen molar-refractivity contribution >= 4 is 11.7 Å². The third-order valence-corrected chi connectivity index (χ3v) is 2.91. The van der Waals surface area contributed by atoms with Crippen molar-refractivity contribution < 1.29 is 9.90 Å². The molecule has 0 aliphatic heterocycles. The molecular weight excluding hydrogens is 226 g/mol. The van der Waals surface area contributed by atoms with E-state index in [2.05, 4.69) is 31.3 Å². The van der Waals surface area contributed by atoms with Crippen molar-refractivity contribution in [3.63, 3.8) is 0 Å². The van der Waals surface area contributed by atoms with E-state index in [-0.39, 0.29) is 0 Å². The van der Waals surface area contributed by atoms with Gasteiger partial charge in [-0.25, -0.2) is 0 Å². The van der Waals surface area contributed by atoms with Crippen molar-refractivity contribution in [2.75, 3.05) is 11.9 Å². The maximum atomic E-state index is 11.0. The average molecular weight is 249 g/mol. The molecular formula is C15H23NO2. The fraction of sp³-hybridized carbons (Fsp3) is 0.533. The predicted octanol–water partition coefficient (Wildman–Crippen LogP) is 3.41. The molecule has 100 valence electrons. The van der Waals surface area contributed by atoms with Crippen LogP contribution in [0.1, 0.15) is 33.3 Å². The first-order chi connectivity index (χ1) is 8.31. The average Bonchev–Trinajstić information content (AvgIpc) is 2.27. The summed E-state index contributed by atoms with van der Waals surface area (Å²) in [7, 11) is 0. The van der Waals surface area contributed by atoms with Gasteiger partial charge in [-0.3, -0.25) is 4.79 Å². The zero-order valence-electron chi connectivity index (χ0n) is 11.7. The Kier molecular flexibility index (Phi) is 4.76. The van der Waals surface area contributed by atoms with Gasteiger partial charge in [0.1, 0.15) is 0 Å². The van der Waals surface area contributed by atoms with E-state index in [1.807, 2.05) is 12.1 Å². The molecule has 0 radical (unpaired) electrons. The van der Waals surface area contributed by atoms with Crippen LogP contribution in [0.5, 0.6) is 0 Å². The van der Waals surface area contributed by atoms with Crippen LogP contribution in [-0.2, 0) is 11.2 Å². The highest BCUT2D eigenvalue weighted by atomic mass is 16.4. The number of carboxylic acid groups (broad SMARTS) is 1. The number of hydrogen-bond acceptors (Lipinski definition) is 2. The first kappa shape index (κ1) is 14.6. The highest BCUT2D eigenvalue weighted by molar-refractivity contribution is 5.74. The van der Waals surface area contributed by atoms with Gasteiger partial charge in [-0.05, 0) is 43.9 Å². The molecule has 0 fully saturated rings.